The molecule has 1 aromatic carbocycles. The molecule has 8 heteroatoms. The van der Waals surface area contributed by atoms with Crippen LogP contribution in [0.15, 0.2) is 61.1 Å². The van der Waals surface area contributed by atoms with Crippen molar-refractivity contribution in [3.63, 3.8) is 0 Å². The molecule has 0 spiro atoms. The summed E-state index contributed by atoms with van der Waals surface area (Å²) < 4.78 is 11.5. The minimum atomic E-state index is -0.608. The smallest absolute Gasteiger partial charge is 0.273 e. The van der Waals surface area contributed by atoms with Gasteiger partial charge in [0.05, 0.1) is 26.0 Å². The quantitative estimate of drug-likeness (QED) is 0.628. The third-order valence-corrected chi connectivity index (χ3v) is 5.94. The molecule has 2 atom stereocenters. The van der Waals surface area contributed by atoms with Crippen molar-refractivity contribution in [2.24, 2.45) is 0 Å². The molecule has 0 aliphatic carbocycles. The Labute approximate surface area is 185 Å². The van der Waals surface area contributed by atoms with Crippen molar-refractivity contribution in [3.05, 3.63) is 66.7 Å². The normalized spacial score (nSPS) is 21.0. The Balaban J connectivity index is 1.45. The maximum atomic E-state index is 13.7. The van der Waals surface area contributed by atoms with Crippen molar-refractivity contribution in [3.8, 4) is 5.75 Å². The lowest BCUT2D eigenvalue weighted by atomic mass is 10.1. The summed E-state index contributed by atoms with van der Waals surface area (Å²) in [4.78, 5) is 38.9. The topological polar surface area (TPSA) is 84.9 Å². The van der Waals surface area contributed by atoms with Crippen molar-refractivity contribution in [1.82, 2.24) is 19.8 Å². The predicted octanol–water partition coefficient (Wildman–Crippen LogP) is 2.15. The highest BCUT2D eigenvalue weighted by atomic mass is 16.5. The van der Waals surface area contributed by atoms with E-state index in [1.165, 1.54) is 0 Å². The fraction of sp³-hybridized carbons (Fsp3) is 0.333. The minimum Gasteiger partial charge on any atom is -0.487 e. The van der Waals surface area contributed by atoms with Crippen LogP contribution in [0.4, 0.5) is 0 Å². The number of hydrogen-bond donors (Lipinski definition) is 0. The molecule has 0 unspecified atom stereocenters. The van der Waals surface area contributed by atoms with Gasteiger partial charge in [0.25, 0.3) is 5.91 Å². The van der Waals surface area contributed by atoms with E-state index in [1.807, 2.05) is 36.4 Å². The van der Waals surface area contributed by atoms with Crippen LogP contribution in [0.2, 0.25) is 0 Å². The van der Waals surface area contributed by atoms with E-state index >= 15 is 0 Å². The number of aromatic nitrogens is 2. The van der Waals surface area contributed by atoms with Crippen LogP contribution in [0.25, 0.3) is 10.8 Å². The zero-order valence-electron chi connectivity index (χ0n) is 17.6. The molecule has 2 amide bonds. The van der Waals surface area contributed by atoms with Crippen LogP contribution in [-0.2, 0) is 9.53 Å². The van der Waals surface area contributed by atoms with Gasteiger partial charge in [-0.3, -0.25) is 19.6 Å². The maximum Gasteiger partial charge on any atom is 0.273 e. The molecule has 8 nitrogen and oxygen atoms in total. The van der Waals surface area contributed by atoms with Gasteiger partial charge in [0.2, 0.25) is 5.91 Å². The molecule has 2 fully saturated rings. The number of hydrogen-bond acceptors (Lipinski definition) is 6. The van der Waals surface area contributed by atoms with Crippen LogP contribution in [0.5, 0.6) is 5.75 Å². The van der Waals surface area contributed by atoms with Gasteiger partial charge in [0.15, 0.2) is 0 Å². The number of nitrogens with zero attached hydrogens (tertiary/aromatic N) is 4. The number of carbonyl (C=O) groups is 2. The van der Waals surface area contributed by atoms with Gasteiger partial charge in [-0.2, -0.15) is 0 Å². The average molecular weight is 432 g/mol. The molecule has 4 heterocycles. The lowest BCUT2D eigenvalue weighted by Gasteiger charge is -2.32. The van der Waals surface area contributed by atoms with Crippen molar-refractivity contribution >= 4 is 22.6 Å². The van der Waals surface area contributed by atoms with E-state index in [-0.39, 0.29) is 17.9 Å². The molecular formula is C24H24N4O4. The van der Waals surface area contributed by atoms with Gasteiger partial charge in [0.1, 0.15) is 23.6 Å². The van der Waals surface area contributed by atoms with Gasteiger partial charge in [0, 0.05) is 37.3 Å². The van der Waals surface area contributed by atoms with Crippen molar-refractivity contribution in [2.75, 3.05) is 32.8 Å². The second-order valence-electron chi connectivity index (χ2n) is 7.96. The Kier molecular flexibility index (Phi) is 5.68. The Morgan fingerprint density at radius 3 is 2.69 bits per heavy atom. The second-order valence-corrected chi connectivity index (χ2v) is 7.96. The standard InChI is InChI=1S/C24H24N4O4/c29-23(27-10-12-31-13-11-27)21-14-19(32-18-5-3-8-25-15-18)16-28(21)24(30)22-20-6-2-1-4-17(20)7-9-26-22/h1-9,15,19,21H,10-14,16H2/t19-,21-/m0/s1. The number of pyridine rings is 2. The first-order chi connectivity index (χ1) is 15.7. The molecule has 2 aliphatic rings. The van der Waals surface area contributed by atoms with E-state index in [2.05, 4.69) is 9.97 Å². The maximum absolute atomic E-state index is 13.7. The number of carbonyl (C=O) groups excluding carboxylic acids is 2. The van der Waals surface area contributed by atoms with Gasteiger partial charge in [-0.05, 0) is 23.6 Å². The van der Waals surface area contributed by atoms with Crippen LogP contribution in [0.3, 0.4) is 0 Å². The Morgan fingerprint density at radius 1 is 1.03 bits per heavy atom. The monoisotopic (exact) mass is 432 g/mol. The first-order valence-electron chi connectivity index (χ1n) is 10.8. The molecule has 0 bridgehead atoms. The SMILES string of the molecule is O=C([C@@H]1C[C@H](Oc2cccnc2)CN1C(=O)c1nccc2ccccc12)N1CCOCC1. The number of morpholine rings is 1. The first kappa shape index (κ1) is 20.4. The van der Waals surface area contributed by atoms with Gasteiger partial charge in [-0.25, -0.2) is 0 Å². The van der Waals surface area contributed by atoms with E-state index in [1.54, 1.807) is 34.5 Å². The number of rotatable bonds is 4. The molecule has 2 aromatic heterocycles. The van der Waals surface area contributed by atoms with E-state index in [4.69, 9.17) is 9.47 Å². The number of likely N-dealkylation sites (tertiary alicyclic amines) is 1. The molecule has 164 valence electrons. The molecule has 3 aromatic rings. The Bertz CT molecular complexity index is 1110. The molecule has 0 N–H and O–H groups in total. The van der Waals surface area contributed by atoms with E-state index in [9.17, 15) is 9.59 Å². The fourth-order valence-corrected chi connectivity index (χ4v) is 4.37. The average Bonchev–Trinajstić information content (AvgIpc) is 3.27. The third kappa shape index (κ3) is 4.01. The zero-order valence-corrected chi connectivity index (χ0v) is 17.6. The van der Waals surface area contributed by atoms with Crippen LogP contribution in [0.1, 0.15) is 16.9 Å². The van der Waals surface area contributed by atoms with Gasteiger partial charge in [-0.15, -0.1) is 0 Å². The summed E-state index contributed by atoms with van der Waals surface area (Å²) in [5.41, 5.74) is 0.352. The number of fused-ring (bicyclic) bond motifs is 1. The predicted molar refractivity (Wildman–Crippen MR) is 117 cm³/mol. The summed E-state index contributed by atoms with van der Waals surface area (Å²) in [5.74, 6) is 0.289. The third-order valence-electron chi connectivity index (χ3n) is 5.94. The summed E-state index contributed by atoms with van der Waals surface area (Å²) in [6.45, 7) is 2.37. The van der Waals surface area contributed by atoms with Crippen LogP contribution >= 0.6 is 0 Å². The lowest BCUT2D eigenvalue weighted by Crippen LogP contribution is -2.51. The molecule has 0 radical (unpaired) electrons. The number of amides is 2. The van der Waals surface area contributed by atoms with Gasteiger partial charge < -0.3 is 19.3 Å². The summed E-state index contributed by atoms with van der Waals surface area (Å²) in [6.07, 6.45) is 5.05. The highest BCUT2D eigenvalue weighted by molar-refractivity contribution is 6.06. The Morgan fingerprint density at radius 2 is 1.88 bits per heavy atom. The minimum absolute atomic E-state index is 0.0702. The Hall–Kier alpha value is -3.52. The highest BCUT2D eigenvalue weighted by Gasteiger charge is 2.43. The summed E-state index contributed by atoms with van der Waals surface area (Å²) in [7, 11) is 0. The summed E-state index contributed by atoms with van der Waals surface area (Å²) in [5, 5.41) is 1.71. The second kappa shape index (κ2) is 8.92. The summed E-state index contributed by atoms with van der Waals surface area (Å²) in [6, 6.07) is 12.5. The first-order valence-corrected chi connectivity index (χ1v) is 10.8. The molecule has 32 heavy (non-hydrogen) atoms. The molecular weight excluding hydrogens is 408 g/mol. The van der Waals surface area contributed by atoms with Crippen LogP contribution in [-0.4, -0.2) is 76.6 Å². The van der Waals surface area contributed by atoms with E-state index in [0.717, 1.165) is 10.8 Å². The molecule has 0 saturated carbocycles. The van der Waals surface area contributed by atoms with E-state index < -0.39 is 6.04 Å². The van der Waals surface area contributed by atoms with Crippen LogP contribution < -0.4 is 4.74 Å². The lowest BCUT2D eigenvalue weighted by molar-refractivity contribution is -0.139. The molecule has 2 saturated heterocycles. The van der Waals surface area contributed by atoms with Crippen LogP contribution in [0, 0.1) is 0 Å². The van der Waals surface area contributed by atoms with E-state index in [0.29, 0.717) is 50.7 Å². The van der Waals surface area contributed by atoms with Gasteiger partial charge in [-0.1, -0.05) is 24.3 Å². The molecule has 2 aliphatic heterocycles. The largest absolute Gasteiger partial charge is 0.487 e. The zero-order chi connectivity index (χ0) is 21.9. The number of ether oxygens (including phenoxy) is 2. The highest BCUT2D eigenvalue weighted by Crippen LogP contribution is 2.28. The van der Waals surface area contributed by atoms with Crippen molar-refractivity contribution in [2.45, 2.75) is 18.6 Å². The number of benzene rings is 1. The van der Waals surface area contributed by atoms with Crippen molar-refractivity contribution < 1.29 is 19.1 Å². The fourth-order valence-electron chi connectivity index (χ4n) is 4.37. The molecule has 5 rings (SSSR count). The van der Waals surface area contributed by atoms with Crippen molar-refractivity contribution in [1.29, 1.82) is 0 Å². The van der Waals surface area contributed by atoms with Gasteiger partial charge >= 0.3 is 0 Å². The summed E-state index contributed by atoms with van der Waals surface area (Å²) >= 11 is 0.